The monoisotopic (exact) mass is 224 g/mol. The average Bonchev–Trinajstić information content (AvgIpc) is 2.91. The molecule has 1 aliphatic rings. The van der Waals surface area contributed by atoms with E-state index in [1.807, 2.05) is 18.4 Å². The molecule has 1 aromatic rings. The number of carbonyl (C=O) groups excluding carboxylic acids is 1. The van der Waals surface area contributed by atoms with Crippen LogP contribution in [0.2, 0.25) is 0 Å². The standard InChI is InChI=1S/C11H16N2OS/c1-8(10-3-2-6-15-10)13-11(14)9-4-5-12-7-9/h2-3,6,8-9,12H,4-5,7H2,1H3,(H,13,14)/t8-,9-/m0/s1. The van der Waals surface area contributed by atoms with E-state index in [9.17, 15) is 4.79 Å². The Hall–Kier alpha value is -0.870. The number of nitrogens with one attached hydrogen (secondary N) is 2. The fraction of sp³-hybridized carbons (Fsp3) is 0.545. The van der Waals surface area contributed by atoms with Gasteiger partial charge in [0.05, 0.1) is 12.0 Å². The van der Waals surface area contributed by atoms with Gasteiger partial charge in [-0.05, 0) is 31.3 Å². The molecule has 1 aromatic heterocycles. The highest BCUT2D eigenvalue weighted by Crippen LogP contribution is 2.19. The van der Waals surface area contributed by atoms with E-state index in [-0.39, 0.29) is 17.9 Å². The van der Waals surface area contributed by atoms with Crippen LogP contribution in [0.5, 0.6) is 0 Å². The summed E-state index contributed by atoms with van der Waals surface area (Å²) in [7, 11) is 0. The van der Waals surface area contributed by atoms with E-state index in [0.717, 1.165) is 19.5 Å². The molecular weight excluding hydrogens is 208 g/mol. The van der Waals surface area contributed by atoms with E-state index >= 15 is 0 Å². The second-order valence-corrected chi connectivity index (χ2v) is 4.91. The van der Waals surface area contributed by atoms with Gasteiger partial charge in [0.25, 0.3) is 0 Å². The first kappa shape index (κ1) is 10.6. The first-order valence-electron chi connectivity index (χ1n) is 5.32. The number of hydrogen-bond acceptors (Lipinski definition) is 3. The Kier molecular flexibility index (Phi) is 3.38. The first-order chi connectivity index (χ1) is 7.27. The number of amides is 1. The third-order valence-corrected chi connectivity index (χ3v) is 3.81. The van der Waals surface area contributed by atoms with Crippen molar-refractivity contribution in [3.63, 3.8) is 0 Å². The van der Waals surface area contributed by atoms with Crippen LogP contribution in [0.4, 0.5) is 0 Å². The number of thiophene rings is 1. The van der Waals surface area contributed by atoms with Crippen molar-refractivity contribution >= 4 is 17.2 Å². The van der Waals surface area contributed by atoms with Crippen LogP contribution in [0, 0.1) is 5.92 Å². The molecule has 2 heterocycles. The summed E-state index contributed by atoms with van der Waals surface area (Å²) in [5, 5.41) is 8.30. The molecule has 3 nitrogen and oxygen atoms in total. The molecular formula is C11H16N2OS. The molecule has 0 saturated carbocycles. The summed E-state index contributed by atoms with van der Waals surface area (Å²) in [5.41, 5.74) is 0. The molecule has 0 spiro atoms. The zero-order chi connectivity index (χ0) is 10.7. The lowest BCUT2D eigenvalue weighted by atomic mass is 10.1. The van der Waals surface area contributed by atoms with Gasteiger partial charge < -0.3 is 10.6 Å². The van der Waals surface area contributed by atoms with E-state index in [1.54, 1.807) is 11.3 Å². The SMILES string of the molecule is C[C@H](NC(=O)[C@H]1CCNC1)c1cccs1. The summed E-state index contributed by atoms with van der Waals surface area (Å²) in [6, 6.07) is 4.21. The molecule has 2 atom stereocenters. The van der Waals surface area contributed by atoms with Gasteiger partial charge >= 0.3 is 0 Å². The summed E-state index contributed by atoms with van der Waals surface area (Å²) in [6.07, 6.45) is 0.961. The molecule has 0 aliphatic carbocycles. The quantitative estimate of drug-likeness (QED) is 0.817. The Morgan fingerprint density at radius 1 is 1.73 bits per heavy atom. The van der Waals surface area contributed by atoms with Crippen molar-refractivity contribution in [1.82, 2.24) is 10.6 Å². The normalized spacial score (nSPS) is 22.6. The lowest BCUT2D eigenvalue weighted by Crippen LogP contribution is -2.33. The van der Waals surface area contributed by atoms with Crippen LogP contribution >= 0.6 is 11.3 Å². The highest BCUT2D eigenvalue weighted by Gasteiger charge is 2.23. The fourth-order valence-electron chi connectivity index (χ4n) is 1.82. The Bertz CT molecular complexity index is 317. The smallest absolute Gasteiger partial charge is 0.224 e. The van der Waals surface area contributed by atoms with Gasteiger partial charge in [0, 0.05) is 11.4 Å². The molecule has 1 fully saturated rings. The summed E-state index contributed by atoms with van der Waals surface area (Å²) >= 11 is 1.69. The third kappa shape index (κ3) is 2.58. The molecule has 2 rings (SSSR count). The number of hydrogen-bond donors (Lipinski definition) is 2. The molecule has 0 radical (unpaired) electrons. The Morgan fingerprint density at radius 2 is 2.60 bits per heavy atom. The van der Waals surface area contributed by atoms with Crippen LogP contribution in [0.15, 0.2) is 17.5 Å². The highest BCUT2D eigenvalue weighted by atomic mass is 32.1. The summed E-state index contributed by atoms with van der Waals surface area (Å²) in [4.78, 5) is 13.0. The average molecular weight is 224 g/mol. The van der Waals surface area contributed by atoms with Crippen molar-refractivity contribution in [2.24, 2.45) is 5.92 Å². The zero-order valence-electron chi connectivity index (χ0n) is 8.82. The van der Waals surface area contributed by atoms with Gasteiger partial charge in [0.15, 0.2) is 0 Å². The minimum absolute atomic E-state index is 0.137. The van der Waals surface area contributed by atoms with Crippen molar-refractivity contribution in [2.75, 3.05) is 13.1 Å². The molecule has 15 heavy (non-hydrogen) atoms. The molecule has 82 valence electrons. The second-order valence-electron chi connectivity index (χ2n) is 3.94. The number of carbonyl (C=O) groups is 1. The summed E-state index contributed by atoms with van der Waals surface area (Å²) in [5.74, 6) is 0.341. The van der Waals surface area contributed by atoms with E-state index in [1.165, 1.54) is 4.88 Å². The van der Waals surface area contributed by atoms with Crippen LogP contribution in [0.1, 0.15) is 24.3 Å². The van der Waals surface area contributed by atoms with E-state index in [2.05, 4.69) is 16.7 Å². The molecule has 0 bridgehead atoms. The predicted octanol–water partition coefficient (Wildman–Crippen LogP) is 1.53. The Balaban J connectivity index is 1.88. The lowest BCUT2D eigenvalue weighted by molar-refractivity contribution is -0.125. The Morgan fingerprint density at radius 3 is 3.20 bits per heavy atom. The highest BCUT2D eigenvalue weighted by molar-refractivity contribution is 7.10. The topological polar surface area (TPSA) is 41.1 Å². The maximum absolute atomic E-state index is 11.8. The first-order valence-corrected chi connectivity index (χ1v) is 6.20. The maximum Gasteiger partial charge on any atom is 0.224 e. The van der Waals surface area contributed by atoms with Crippen LogP contribution < -0.4 is 10.6 Å². The van der Waals surface area contributed by atoms with Crippen molar-refractivity contribution < 1.29 is 4.79 Å². The van der Waals surface area contributed by atoms with Crippen LogP contribution in [-0.2, 0) is 4.79 Å². The fourth-order valence-corrected chi connectivity index (χ4v) is 2.55. The Labute approximate surface area is 93.9 Å². The maximum atomic E-state index is 11.8. The van der Waals surface area contributed by atoms with Crippen molar-refractivity contribution in [3.05, 3.63) is 22.4 Å². The van der Waals surface area contributed by atoms with Crippen LogP contribution in [-0.4, -0.2) is 19.0 Å². The van der Waals surface area contributed by atoms with Crippen molar-refractivity contribution in [3.8, 4) is 0 Å². The van der Waals surface area contributed by atoms with Gasteiger partial charge in [-0.3, -0.25) is 4.79 Å². The van der Waals surface area contributed by atoms with Crippen LogP contribution in [0.3, 0.4) is 0 Å². The van der Waals surface area contributed by atoms with Gasteiger partial charge in [0.2, 0.25) is 5.91 Å². The largest absolute Gasteiger partial charge is 0.348 e. The van der Waals surface area contributed by atoms with Gasteiger partial charge in [-0.15, -0.1) is 11.3 Å². The number of rotatable bonds is 3. The van der Waals surface area contributed by atoms with Crippen molar-refractivity contribution in [2.45, 2.75) is 19.4 Å². The molecule has 0 unspecified atom stereocenters. The third-order valence-electron chi connectivity index (χ3n) is 2.76. The van der Waals surface area contributed by atoms with Crippen LogP contribution in [0.25, 0.3) is 0 Å². The van der Waals surface area contributed by atoms with Gasteiger partial charge in [-0.25, -0.2) is 0 Å². The van der Waals surface area contributed by atoms with Gasteiger partial charge in [0.1, 0.15) is 0 Å². The summed E-state index contributed by atoms with van der Waals surface area (Å²) in [6.45, 7) is 3.82. The van der Waals surface area contributed by atoms with E-state index < -0.39 is 0 Å². The molecule has 1 aliphatic heterocycles. The molecule has 0 aromatic carbocycles. The lowest BCUT2D eigenvalue weighted by Gasteiger charge is -2.15. The van der Waals surface area contributed by atoms with E-state index in [4.69, 9.17) is 0 Å². The molecule has 2 N–H and O–H groups in total. The minimum atomic E-state index is 0.137. The van der Waals surface area contributed by atoms with Gasteiger partial charge in [-0.2, -0.15) is 0 Å². The molecule has 1 amide bonds. The minimum Gasteiger partial charge on any atom is -0.348 e. The summed E-state index contributed by atoms with van der Waals surface area (Å²) < 4.78 is 0. The zero-order valence-corrected chi connectivity index (χ0v) is 9.64. The predicted molar refractivity (Wildman–Crippen MR) is 61.9 cm³/mol. The van der Waals surface area contributed by atoms with E-state index in [0.29, 0.717) is 0 Å². The van der Waals surface area contributed by atoms with Crippen molar-refractivity contribution in [1.29, 1.82) is 0 Å². The molecule has 4 heteroatoms. The second kappa shape index (κ2) is 4.77. The van der Waals surface area contributed by atoms with Gasteiger partial charge in [-0.1, -0.05) is 6.07 Å². The molecule has 1 saturated heterocycles.